The second-order valence-electron chi connectivity index (χ2n) is 27.4. The van der Waals surface area contributed by atoms with Gasteiger partial charge in [0.05, 0.1) is 57.5 Å². The summed E-state index contributed by atoms with van der Waals surface area (Å²) in [6, 6.07) is 44.5. The van der Waals surface area contributed by atoms with Crippen molar-refractivity contribution in [3.05, 3.63) is 172 Å². The average molecular weight is 1820 g/mol. The summed E-state index contributed by atoms with van der Waals surface area (Å²) in [4.78, 5) is 72.7. The van der Waals surface area contributed by atoms with Gasteiger partial charge in [-0.3, -0.25) is 14.6 Å². The molecule has 5 saturated heterocycles. The molecular weight excluding hydrogens is 1720 g/mol. The molecule has 0 radical (unpaired) electrons. The smallest absolute Gasteiger partial charge is 1.00 e. The number of aliphatic hydroxyl groups is 1. The van der Waals surface area contributed by atoms with Crippen molar-refractivity contribution in [3.8, 4) is 17.5 Å². The van der Waals surface area contributed by atoms with Crippen LogP contribution in [0.5, 0.6) is 17.5 Å². The summed E-state index contributed by atoms with van der Waals surface area (Å²) >= 11 is 6.46. The van der Waals surface area contributed by atoms with Crippen LogP contribution in [0.15, 0.2) is 133 Å². The van der Waals surface area contributed by atoms with Crippen LogP contribution in [0.25, 0.3) is 21.5 Å². The molecule has 7 aliphatic rings. The summed E-state index contributed by atoms with van der Waals surface area (Å²) in [6.07, 6.45) is 2.57. The van der Waals surface area contributed by atoms with E-state index >= 15 is 0 Å². The fraction of sp³-hybridized carbons (Fsp3) is 0.469. The molecule has 2 atom stereocenters. The van der Waals surface area contributed by atoms with Crippen LogP contribution in [0.1, 0.15) is 60.8 Å². The number of benzene rings is 6. The molecule has 0 aliphatic carbocycles. The quantitative estimate of drug-likeness (QED) is 0.0353. The summed E-state index contributed by atoms with van der Waals surface area (Å²) in [5, 5.41) is 21.7. The minimum atomic E-state index is -0.787. The number of carbonyl (C=O) groups excluding carboxylic acids is 3. The van der Waals surface area contributed by atoms with Crippen LogP contribution in [0.4, 0.5) is 41.4 Å². The van der Waals surface area contributed by atoms with E-state index < -0.39 is 12.3 Å². The molecule has 2 amide bonds. The molecule has 5 fully saturated rings. The van der Waals surface area contributed by atoms with Crippen LogP contribution in [0.2, 0.25) is 5.28 Å². The third-order valence-electron chi connectivity index (χ3n) is 19.9. The minimum Gasteiger partial charge on any atom is -1.00 e. The zero-order valence-electron chi connectivity index (χ0n) is 66.1. The van der Waals surface area contributed by atoms with E-state index in [0.717, 1.165) is 168 Å². The van der Waals surface area contributed by atoms with Crippen molar-refractivity contribution in [1.29, 1.82) is 0 Å². The van der Waals surface area contributed by atoms with Crippen molar-refractivity contribution in [2.45, 2.75) is 77.2 Å². The number of rotatable bonds is 21. The number of piperidine rings is 2. The number of hydrogen-bond donors (Lipinski definition) is 1. The van der Waals surface area contributed by atoms with Crippen LogP contribution < -0.4 is 177 Å². The predicted octanol–water partition coefficient (Wildman–Crippen LogP) is 3.74. The number of fused-ring (bicyclic) bond motifs is 4. The van der Waals surface area contributed by atoms with Crippen molar-refractivity contribution in [2.75, 3.05) is 192 Å². The summed E-state index contributed by atoms with van der Waals surface area (Å²) < 4.78 is 75.9. The number of piperazine rings is 2. The summed E-state index contributed by atoms with van der Waals surface area (Å²) in [5.41, 5.74) is 8.12. The van der Waals surface area contributed by atoms with Crippen molar-refractivity contribution in [1.82, 2.24) is 39.5 Å². The maximum Gasteiger partial charge on any atom is 1.00 e. The Morgan fingerprint density at radius 2 is 0.991 bits per heavy atom. The van der Waals surface area contributed by atoms with Crippen molar-refractivity contribution >= 4 is 74.8 Å². The maximum absolute atomic E-state index is 14.0. The Morgan fingerprint density at radius 1 is 0.558 bits per heavy atom. The van der Waals surface area contributed by atoms with Crippen molar-refractivity contribution in [3.63, 3.8) is 0 Å². The Kier molecular flexibility index (Phi) is 39.7. The van der Waals surface area contributed by atoms with Crippen molar-refractivity contribution < 1.29 is 220 Å². The Bertz CT molecular complexity index is 4220. The third kappa shape index (κ3) is 27.8. The zero-order valence-corrected chi connectivity index (χ0v) is 78.5. The number of carbonyl (C=O) groups is 3. The van der Waals surface area contributed by atoms with E-state index in [1.54, 1.807) is 24.0 Å². The van der Waals surface area contributed by atoms with Gasteiger partial charge in [-0.25, -0.2) is 28.3 Å². The van der Waals surface area contributed by atoms with E-state index in [-0.39, 0.29) is 197 Å². The first-order chi connectivity index (χ1) is 54.4. The van der Waals surface area contributed by atoms with Gasteiger partial charge < -0.3 is 88.7 Å². The molecule has 598 valence electrons. The van der Waals surface area contributed by atoms with Gasteiger partial charge in [-0.1, -0.05) is 109 Å². The van der Waals surface area contributed by atoms with Gasteiger partial charge in [0, 0.05) is 151 Å². The number of ether oxygens (including phenoxy) is 9. The normalized spacial score (nSPS) is 17.5. The number of methoxy groups -OCH3 is 2. The number of hydrogen-bond acceptors (Lipinski definition) is 25. The molecule has 8 aromatic rings. The number of aromatic nitrogens is 4. The van der Waals surface area contributed by atoms with E-state index in [9.17, 15) is 18.4 Å². The van der Waals surface area contributed by atoms with Gasteiger partial charge in [0.1, 0.15) is 55.3 Å². The predicted molar refractivity (Wildman–Crippen MR) is 416 cm³/mol. The van der Waals surface area contributed by atoms with Crippen LogP contribution >= 0.6 is 11.6 Å². The number of β-amino-alcohol motifs (C(OH)–C–C–N with tert-alkyl or cyclic N) is 1. The van der Waals surface area contributed by atoms with E-state index in [4.69, 9.17) is 79.4 Å². The average Bonchev–Trinajstić information content (AvgIpc) is 0.771. The topological polar surface area (TPSA) is 264 Å². The van der Waals surface area contributed by atoms with Gasteiger partial charge >= 0.3 is 156 Å². The van der Waals surface area contributed by atoms with E-state index in [1.165, 1.54) is 0 Å². The Balaban J connectivity index is 0.000000226. The van der Waals surface area contributed by atoms with E-state index in [1.807, 2.05) is 95.9 Å². The fourth-order valence-corrected chi connectivity index (χ4v) is 14.5. The zero-order chi connectivity index (χ0) is 77.5. The van der Waals surface area contributed by atoms with Crippen LogP contribution in [-0.4, -0.2) is 248 Å². The van der Waals surface area contributed by atoms with Gasteiger partial charge in [-0.2, -0.15) is 9.97 Å². The number of aliphatic hydroxyl groups excluding tert-OH is 1. The molecule has 9 heterocycles. The molecule has 6 aromatic carbocycles. The molecule has 113 heavy (non-hydrogen) atoms. The van der Waals surface area contributed by atoms with Crippen LogP contribution in [-0.2, 0) is 77.2 Å². The number of nitrogens with zero attached hydrogens (tertiary/aromatic N) is 12. The summed E-state index contributed by atoms with van der Waals surface area (Å²) in [5.74, 6) is 3.21. The van der Waals surface area contributed by atoms with Gasteiger partial charge in [0.15, 0.2) is 13.6 Å². The Hall–Kier alpha value is -5.46. The summed E-state index contributed by atoms with van der Waals surface area (Å²) in [6.45, 7) is 15.7. The molecule has 0 spiro atoms. The van der Waals surface area contributed by atoms with Gasteiger partial charge in [0.2, 0.25) is 5.28 Å². The molecular formula is C81H101ClCs2F2N12O15. The minimum absolute atomic E-state index is 0. The molecule has 1 N–H and O–H groups in total. The SMILES string of the molecule is C1COCCO1.COCOc1cc(N2CCc3c(nc(Cl)nc3N3CCN(C(=O)OCc4ccccc4)CC3)C2)c2ccccc2c1.COCOc1cc(N2CCc3c(nc(OCCN4CCC[C@@H](F)C4)nc3N3CCN(C(=O)OCc4ccccc4)CC3)C2)c2ccccc2c1.O=CO[O-].OCCN1CCC[C@@H](F)C1.[Cs+].[Cs+].[H-]. The first-order valence-electron chi connectivity index (χ1n) is 37.9. The first kappa shape index (κ1) is 91.4. The monoisotopic (exact) mass is 1820 g/mol. The second-order valence-corrected chi connectivity index (χ2v) is 27.7. The Morgan fingerprint density at radius 3 is 1.42 bits per heavy atom. The Labute approximate surface area is 783 Å². The number of alkyl halides is 2. The van der Waals surface area contributed by atoms with Gasteiger partial charge in [0.25, 0.3) is 6.47 Å². The second kappa shape index (κ2) is 49.1. The molecule has 0 bridgehead atoms. The number of anilines is 4. The van der Waals surface area contributed by atoms with E-state index in [0.29, 0.717) is 117 Å². The molecule has 0 unspecified atom stereocenters. The molecule has 27 nitrogen and oxygen atoms in total. The summed E-state index contributed by atoms with van der Waals surface area (Å²) in [7, 11) is 3.23. The van der Waals surface area contributed by atoms with Crippen LogP contribution in [0, 0.1) is 0 Å². The van der Waals surface area contributed by atoms with Crippen LogP contribution in [0.3, 0.4) is 0 Å². The molecule has 15 rings (SSSR count). The maximum atomic E-state index is 14.0. The van der Waals surface area contributed by atoms with Gasteiger partial charge in [-0.05, 0) is 97.2 Å². The van der Waals surface area contributed by atoms with Gasteiger partial charge in [-0.15, -0.1) is 0 Å². The first-order valence-corrected chi connectivity index (χ1v) is 38.2. The number of likely N-dealkylation sites (tertiary alicyclic amines) is 2. The van der Waals surface area contributed by atoms with E-state index in [2.05, 4.69) is 81.8 Å². The molecule has 2 aromatic heterocycles. The molecule has 7 aliphatic heterocycles. The largest absolute Gasteiger partial charge is 1.00 e. The standard InChI is InChI=1S/C38H45FN6O5.C31H32ClN5O4.C7H14FNO.C4H8O2.CH2O3.2Cs.H/c1-47-27-50-31-22-29-10-5-6-12-32(29)35(23-31)45-15-13-33-34(25-45)40-37(48-21-20-42-14-7-11-30(39)24-42)41-36(33)43-16-18-44(19-17-43)38(46)49-26-28-8-3-2-4-9-28;1-39-21-41-24-17-23-9-5-6-10-25(23)28(18-24)37-12-11-26-27(19-37)33-30(32)34-29(26)35-13-15-36(16-14-35)31(38)40-20-22-7-3-2-4-8-22;8-7-2-1-3-9(6-7)4-5-10;1-2-6-4-3-5-1;2-1-4-3;;;/h2-6,8-10,12,22-23,30H,7,11,13-21,24-27H2,1H3;2-10,17-18H,11-16,19-21H2,1H3;7,10H,1-6H2;1-4H2;1,3H;;;/q;;;;;2*+1;-1/p-1/t30-;;7-;;;;;/m1.1...../s1. The third-order valence-corrected chi connectivity index (χ3v) is 20.0. The number of halogens is 3. The molecule has 32 heteroatoms. The number of amides is 2. The fourth-order valence-electron chi connectivity index (χ4n) is 14.3. The molecule has 0 saturated carbocycles. The van der Waals surface area contributed by atoms with Crippen molar-refractivity contribution in [2.24, 2.45) is 0 Å².